The minimum atomic E-state index is -3.11. The van der Waals surface area contributed by atoms with Crippen LogP contribution in [0.3, 0.4) is 0 Å². The zero-order valence-electron chi connectivity index (χ0n) is 14.1. The number of nitrogens with zero attached hydrogens (tertiary/aromatic N) is 1. The number of rotatable bonds is 10. The average molecular weight is 470 g/mol. The molecule has 3 N–H and O–H groups in total. The predicted molar refractivity (Wildman–Crippen MR) is 109 cm³/mol. The maximum absolute atomic E-state index is 10.9. The monoisotopic (exact) mass is 470 g/mol. The molecule has 0 aliphatic heterocycles. The second kappa shape index (κ2) is 13.2. The standard InChI is InChI=1S/C15H26N4O3S.HI/c1-16-15(17-10-6-12-19-23(2,20)21)18-11-7-13-22-14-8-4-3-5-9-14;/h3-5,8-9,19H,6-7,10-13H2,1-2H3,(H2,16,17,18);1H. The summed E-state index contributed by atoms with van der Waals surface area (Å²) in [6.45, 7) is 2.43. The van der Waals surface area contributed by atoms with Crippen LogP contribution in [0.15, 0.2) is 35.3 Å². The lowest BCUT2D eigenvalue weighted by atomic mass is 10.3. The number of nitrogens with one attached hydrogen (secondary N) is 3. The highest BCUT2D eigenvalue weighted by molar-refractivity contribution is 14.0. The van der Waals surface area contributed by atoms with E-state index in [0.29, 0.717) is 32.1 Å². The van der Waals surface area contributed by atoms with Crippen molar-refractivity contribution in [3.63, 3.8) is 0 Å². The molecule has 0 fully saturated rings. The van der Waals surface area contributed by atoms with E-state index in [1.165, 1.54) is 0 Å². The number of halogens is 1. The average Bonchev–Trinajstić information content (AvgIpc) is 2.52. The smallest absolute Gasteiger partial charge is 0.208 e. The highest BCUT2D eigenvalue weighted by Gasteiger charge is 2.00. The molecule has 0 heterocycles. The van der Waals surface area contributed by atoms with Crippen LogP contribution in [0.2, 0.25) is 0 Å². The highest BCUT2D eigenvalue weighted by atomic mass is 127. The Bertz CT molecular complexity index is 567. The first-order valence-corrected chi connectivity index (χ1v) is 9.47. The normalized spacial score (nSPS) is 11.5. The van der Waals surface area contributed by atoms with Crippen molar-refractivity contribution in [3.8, 4) is 5.75 Å². The largest absolute Gasteiger partial charge is 0.494 e. The van der Waals surface area contributed by atoms with Gasteiger partial charge in [0.15, 0.2) is 5.96 Å². The topological polar surface area (TPSA) is 91.8 Å². The third-order valence-electron chi connectivity index (χ3n) is 2.86. The second-order valence-electron chi connectivity index (χ2n) is 4.96. The fourth-order valence-electron chi connectivity index (χ4n) is 1.76. The van der Waals surface area contributed by atoms with Crippen molar-refractivity contribution in [3.05, 3.63) is 30.3 Å². The van der Waals surface area contributed by atoms with Gasteiger partial charge in [-0.3, -0.25) is 4.99 Å². The van der Waals surface area contributed by atoms with E-state index in [2.05, 4.69) is 20.3 Å². The summed E-state index contributed by atoms with van der Waals surface area (Å²) in [5, 5.41) is 6.31. The van der Waals surface area contributed by atoms with Gasteiger partial charge in [-0.1, -0.05) is 18.2 Å². The maximum atomic E-state index is 10.9. The van der Waals surface area contributed by atoms with E-state index in [1.807, 2.05) is 30.3 Å². The van der Waals surface area contributed by atoms with Crippen LogP contribution >= 0.6 is 24.0 Å². The molecule has 1 rings (SSSR count). The van der Waals surface area contributed by atoms with Gasteiger partial charge in [-0.25, -0.2) is 13.1 Å². The fourth-order valence-corrected chi connectivity index (χ4v) is 2.27. The molecule has 1 aromatic rings. The number of para-hydroxylation sites is 1. The summed E-state index contributed by atoms with van der Waals surface area (Å²) in [6, 6.07) is 9.70. The van der Waals surface area contributed by atoms with E-state index >= 15 is 0 Å². The molecule has 0 bridgehead atoms. The highest BCUT2D eigenvalue weighted by Crippen LogP contribution is 2.07. The summed E-state index contributed by atoms with van der Waals surface area (Å²) in [5.74, 6) is 1.57. The van der Waals surface area contributed by atoms with Crippen molar-refractivity contribution >= 4 is 40.0 Å². The molecular weight excluding hydrogens is 443 g/mol. The Morgan fingerprint density at radius 2 is 1.71 bits per heavy atom. The van der Waals surface area contributed by atoms with Crippen LogP contribution in [0.4, 0.5) is 0 Å². The summed E-state index contributed by atoms with van der Waals surface area (Å²) in [7, 11) is -1.41. The first kappa shape index (κ1) is 22.9. The number of hydrogen-bond donors (Lipinski definition) is 3. The lowest BCUT2D eigenvalue weighted by molar-refractivity contribution is 0.311. The van der Waals surface area contributed by atoms with Gasteiger partial charge in [0.2, 0.25) is 10.0 Å². The molecule has 0 aliphatic rings. The Kier molecular flexibility index (Phi) is 12.7. The molecule has 0 saturated heterocycles. The van der Waals surface area contributed by atoms with Crippen molar-refractivity contribution < 1.29 is 13.2 Å². The van der Waals surface area contributed by atoms with E-state index in [9.17, 15) is 8.42 Å². The summed E-state index contributed by atoms with van der Waals surface area (Å²) >= 11 is 0. The van der Waals surface area contributed by atoms with Crippen LogP contribution in [-0.2, 0) is 10.0 Å². The molecule has 24 heavy (non-hydrogen) atoms. The van der Waals surface area contributed by atoms with Gasteiger partial charge in [0.1, 0.15) is 5.75 Å². The van der Waals surface area contributed by atoms with Crippen LogP contribution in [0, 0.1) is 0 Å². The number of sulfonamides is 1. The molecule has 1 aromatic carbocycles. The number of guanidine groups is 1. The number of benzene rings is 1. The van der Waals surface area contributed by atoms with Gasteiger partial charge >= 0.3 is 0 Å². The van der Waals surface area contributed by atoms with Crippen LogP contribution in [0.5, 0.6) is 5.75 Å². The van der Waals surface area contributed by atoms with Crippen molar-refractivity contribution in [2.75, 3.05) is 39.5 Å². The summed E-state index contributed by atoms with van der Waals surface area (Å²) in [5.41, 5.74) is 0. The van der Waals surface area contributed by atoms with Gasteiger partial charge < -0.3 is 15.4 Å². The van der Waals surface area contributed by atoms with Crippen LogP contribution in [-0.4, -0.2) is 53.9 Å². The van der Waals surface area contributed by atoms with Gasteiger partial charge in [0.05, 0.1) is 12.9 Å². The third-order valence-corrected chi connectivity index (χ3v) is 3.59. The maximum Gasteiger partial charge on any atom is 0.208 e. The first-order chi connectivity index (χ1) is 11.0. The summed E-state index contributed by atoms with van der Waals surface area (Å²) in [6.07, 6.45) is 2.69. The molecule has 0 atom stereocenters. The molecule has 0 aliphatic carbocycles. The molecule has 7 nitrogen and oxygen atoms in total. The van der Waals surface area contributed by atoms with Gasteiger partial charge in [-0.05, 0) is 25.0 Å². The Hall–Kier alpha value is -1.07. The Labute approximate surface area is 161 Å². The number of hydrogen-bond acceptors (Lipinski definition) is 4. The zero-order chi connectivity index (χ0) is 17.0. The van der Waals surface area contributed by atoms with E-state index in [4.69, 9.17) is 4.74 Å². The van der Waals surface area contributed by atoms with Crippen molar-refractivity contribution in [1.29, 1.82) is 0 Å². The Morgan fingerprint density at radius 1 is 1.08 bits per heavy atom. The fraction of sp³-hybridized carbons (Fsp3) is 0.533. The lowest BCUT2D eigenvalue weighted by Gasteiger charge is -2.12. The van der Waals surface area contributed by atoms with Gasteiger partial charge in [0.25, 0.3) is 0 Å². The minimum Gasteiger partial charge on any atom is -0.494 e. The predicted octanol–water partition coefficient (Wildman–Crippen LogP) is 1.18. The van der Waals surface area contributed by atoms with Crippen LogP contribution in [0.1, 0.15) is 12.8 Å². The lowest BCUT2D eigenvalue weighted by Crippen LogP contribution is -2.39. The molecule has 0 spiro atoms. The van der Waals surface area contributed by atoms with Gasteiger partial charge in [-0.2, -0.15) is 0 Å². The van der Waals surface area contributed by atoms with Crippen molar-refractivity contribution in [2.45, 2.75) is 12.8 Å². The SMILES string of the molecule is CN=C(NCCCNS(C)(=O)=O)NCCCOc1ccccc1.I. The Balaban J connectivity index is 0.00000529. The van der Waals surface area contributed by atoms with E-state index in [1.54, 1.807) is 7.05 Å². The van der Waals surface area contributed by atoms with Crippen molar-refractivity contribution in [1.82, 2.24) is 15.4 Å². The van der Waals surface area contributed by atoms with Crippen LogP contribution < -0.4 is 20.1 Å². The molecule has 0 amide bonds. The third kappa shape index (κ3) is 12.4. The van der Waals surface area contributed by atoms with Gasteiger partial charge in [0, 0.05) is 26.7 Å². The Morgan fingerprint density at radius 3 is 2.29 bits per heavy atom. The molecule has 0 radical (unpaired) electrons. The van der Waals surface area contributed by atoms with E-state index in [-0.39, 0.29) is 24.0 Å². The molecule has 0 aromatic heterocycles. The molecular formula is C15H27IN4O3S. The molecule has 0 saturated carbocycles. The summed E-state index contributed by atoms with van der Waals surface area (Å²) in [4.78, 5) is 4.11. The second-order valence-corrected chi connectivity index (χ2v) is 6.79. The molecule has 9 heteroatoms. The quantitative estimate of drug-likeness (QED) is 0.207. The number of aliphatic imine (C=N–C) groups is 1. The molecule has 0 unspecified atom stereocenters. The van der Waals surface area contributed by atoms with Gasteiger partial charge in [-0.15, -0.1) is 24.0 Å². The molecule has 138 valence electrons. The first-order valence-electron chi connectivity index (χ1n) is 7.58. The van der Waals surface area contributed by atoms with Crippen molar-refractivity contribution in [2.24, 2.45) is 4.99 Å². The van der Waals surface area contributed by atoms with Crippen LogP contribution in [0.25, 0.3) is 0 Å². The minimum absolute atomic E-state index is 0. The zero-order valence-corrected chi connectivity index (χ0v) is 17.3. The van der Waals surface area contributed by atoms with E-state index in [0.717, 1.165) is 25.0 Å². The summed E-state index contributed by atoms with van der Waals surface area (Å²) < 4.78 is 29.9. The number of ether oxygens (including phenoxy) is 1. The van der Waals surface area contributed by atoms with E-state index < -0.39 is 10.0 Å².